The summed E-state index contributed by atoms with van der Waals surface area (Å²) in [5.41, 5.74) is 0.757. The van der Waals surface area contributed by atoms with Crippen molar-refractivity contribution in [1.82, 2.24) is 10.3 Å². The van der Waals surface area contributed by atoms with Gasteiger partial charge in [0.15, 0.2) is 0 Å². The summed E-state index contributed by atoms with van der Waals surface area (Å²) in [5, 5.41) is 5.47. The number of pyridine rings is 1. The summed E-state index contributed by atoms with van der Waals surface area (Å²) in [7, 11) is 2.78. The van der Waals surface area contributed by atoms with E-state index in [2.05, 4.69) is 20.4 Å². The standard InChI is InChI=1S/C18H18ClN3O5/c1-26-8-7-21-16(23)11-5-6-20-15(9-11)17(24)22-14-10-12(18(25)27-2)3-4-13(14)19/h3-6,9-10H,7-8H2,1-2H3,(H,21,23)(H,22,24). The Labute approximate surface area is 160 Å². The van der Waals surface area contributed by atoms with Gasteiger partial charge in [-0.15, -0.1) is 0 Å². The van der Waals surface area contributed by atoms with Gasteiger partial charge in [0, 0.05) is 25.4 Å². The largest absolute Gasteiger partial charge is 0.465 e. The van der Waals surface area contributed by atoms with Crippen LogP contribution in [-0.4, -0.2) is 50.1 Å². The molecular weight excluding hydrogens is 374 g/mol. The van der Waals surface area contributed by atoms with Gasteiger partial charge in [-0.05, 0) is 30.3 Å². The molecule has 0 aliphatic rings. The molecule has 27 heavy (non-hydrogen) atoms. The van der Waals surface area contributed by atoms with E-state index >= 15 is 0 Å². The van der Waals surface area contributed by atoms with Crippen molar-refractivity contribution >= 4 is 35.1 Å². The lowest BCUT2D eigenvalue weighted by Crippen LogP contribution is -2.27. The highest BCUT2D eigenvalue weighted by Crippen LogP contribution is 2.24. The lowest BCUT2D eigenvalue weighted by atomic mass is 10.2. The molecule has 0 aliphatic heterocycles. The van der Waals surface area contributed by atoms with Crippen molar-refractivity contribution in [2.75, 3.05) is 32.7 Å². The first-order valence-corrected chi connectivity index (χ1v) is 8.26. The Kier molecular flexibility index (Phi) is 7.27. The summed E-state index contributed by atoms with van der Waals surface area (Å²) in [4.78, 5) is 40.1. The molecule has 1 aromatic carbocycles. The molecule has 0 bridgehead atoms. The van der Waals surface area contributed by atoms with Gasteiger partial charge >= 0.3 is 5.97 Å². The molecule has 0 fully saturated rings. The first-order valence-electron chi connectivity index (χ1n) is 7.88. The molecule has 0 spiro atoms. The van der Waals surface area contributed by atoms with Crippen molar-refractivity contribution in [2.24, 2.45) is 0 Å². The minimum atomic E-state index is -0.578. The second-order valence-corrected chi connectivity index (χ2v) is 5.73. The molecule has 142 valence electrons. The molecule has 9 heteroatoms. The van der Waals surface area contributed by atoms with Crippen LogP contribution in [0.2, 0.25) is 5.02 Å². The number of carbonyl (C=O) groups is 3. The molecule has 2 aromatic rings. The summed E-state index contributed by atoms with van der Waals surface area (Å²) >= 11 is 6.07. The SMILES string of the molecule is COCCNC(=O)c1ccnc(C(=O)Nc2cc(C(=O)OC)ccc2Cl)c1. The Morgan fingerprint density at radius 2 is 1.85 bits per heavy atom. The number of halogens is 1. The summed E-state index contributed by atoms with van der Waals surface area (Å²) in [6, 6.07) is 7.19. The third kappa shape index (κ3) is 5.50. The van der Waals surface area contributed by atoms with E-state index in [-0.39, 0.29) is 33.4 Å². The molecule has 1 heterocycles. The fraction of sp³-hybridized carbons (Fsp3) is 0.222. The van der Waals surface area contributed by atoms with E-state index in [1.807, 2.05) is 0 Å². The number of anilines is 1. The highest BCUT2D eigenvalue weighted by Gasteiger charge is 2.15. The number of aromatic nitrogens is 1. The van der Waals surface area contributed by atoms with Crippen molar-refractivity contribution in [3.63, 3.8) is 0 Å². The smallest absolute Gasteiger partial charge is 0.337 e. The first-order chi connectivity index (χ1) is 13.0. The molecule has 2 rings (SSSR count). The molecule has 1 aromatic heterocycles. The molecule has 0 saturated heterocycles. The minimum Gasteiger partial charge on any atom is -0.465 e. The fourth-order valence-corrected chi connectivity index (χ4v) is 2.28. The van der Waals surface area contributed by atoms with E-state index in [4.69, 9.17) is 16.3 Å². The van der Waals surface area contributed by atoms with Crippen LogP contribution in [0.15, 0.2) is 36.5 Å². The van der Waals surface area contributed by atoms with Crippen molar-refractivity contribution in [3.05, 3.63) is 58.4 Å². The molecular formula is C18H18ClN3O5. The zero-order chi connectivity index (χ0) is 19.8. The maximum Gasteiger partial charge on any atom is 0.337 e. The second-order valence-electron chi connectivity index (χ2n) is 5.32. The van der Waals surface area contributed by atoms with E-state index in [1.165, 1.54) is 50.7 Å². The first kappa shape index (κ1) is 20.3. The van der Waals surface area contributed by atoms with Crippen molar-refractivity contribution < 1.29 is 23.9 Å². The monoisotopic (exact) mass is 391 g/mol. The van der Waals surface area contributed by atoms with Crippen LogP contribution in [0.25, 0.3) is 0 Å². The van der Waals surface area contributed by atoms with Crippen LogP contribution in [-0.2, 0) is 9.47 Å². The van der Waals surface area contributed by atoms with Gasteiger partial charge in [-0.3, -0.25) is 14.6 Å². The maximum atomic E-state index is 12.5. The van der Waals surface area contributed by atoms with Crippen LogP contribution >= 0.6 is 11.6 Å². The highest BCUT2D eigenvalue weighted by molar-refractivity contribution is 6.34. The molecule has 0 unspecified atom stereocenters. The number of benzene rings is 1. The Bertz CT molecular complexity index is 857. The van der Waals surface area contributed by atoms with Crippen LogP contribution in [0.4, 0.5) is 5.69 Å². The predicted molar refractivity (Wildman–Crippen MR) is 99.2 cm³/mol. The van der Waals surface area contributed by atoms with E-state index in [9.17, 15) is 14.4 Å². The lowest BCUT2D eigenvalue weighted by Gasteiger charge is -2.09. The Hall–Kier alpha value is -2.97. The topological polar surface area (TPSA) is 107 Å². The van der Waals surface area contributed by atoms with Crippen LogP contribution in [0, 0.1) is 0 Å². The van der Waals surface area contributed by atoms with Gasteiger partial charge in [0.2, 0.25) is 0 Å². The summed E-state index contributed by atoms with van der Waals surface area (Å²) in [6.07, 6.45) is 1.35. The van der Waals surface area contributed by atoms with Crippen LogP contribution in [0.3, 0.4) is 0 Å². The Morgan fingerprint density at radius 1 is 1.07 bits per heavy atom. The fourth-order valence-electron chi connectivity index (χ4n) is 2.12. The maximum absolute atomic E-state index is 12.5. The number of carbonyl (C=O) groups excluding carboxylic acids is 3. The quantitative estimate of drug-likeness (QED) is 0.553. The number of rotatable bonds is 7. The second kappa shape index (κ2) is 9.65. The molecule has 2 amide bonds. The zero-order valence-electron chi connectivity index (χ0n) is 14.7. The van der Waals surface area contributed by atoms with Gasteiger partial charge in [-0.1, -0.05) is 11.6 Å². The van der Waals surface area contributed by atoms with E-state index in [1.54, 1.807) is 0 Å². The number of nitrogens with one attached hydrogen (secondary N) is 2. The number of methoxy groups -OCH3 is 2. The van der Waals surface area contributed by atoms with Crippen molar-refractivity contribution in [1.29, 1.82) is 0 Å². The number of hydrogen-bond acceptors (Lipinski definition) is 6. The average molecular weight is 392 g/mol. The predicted octanol–water partition coefficient (Wildman–Crippen LogP) is 2.15. The van der Waals surface area contributed by atoms with Gasteiger partial charge in [-0.25, -0.2) is 4.79 Å². The van der Waals surface area contributed by atoms with Gasteiger partial charge in [0.1, 0.15) is 5.69 Å². The Morgan fingerprint density at radius 3 is 2.56 bits per heavy atom. The van der Waals surface area contributed by atoms with Gasteiger partial charge in [-0.2, -0.15) is 0 Å². The lowest BCUT2D eigenvalue weighted by molar-refractivity contribution is 0.0600. The van der Waals surface area contributed by atoms with Crippen molar-refractivity contribution in [2.45, 2.75) is 0 Å². The average Bonchev–Trinajstić information content (AvgIpc) is 2.69. The minimum absolute atomic E-state index is 0.0222. The number of ether oxygens (including phenoxy) is 2. The zero-order valence-corrected chi connectivity index (χ0v) is 15.5. The summed E-state index contributed by atoms with van der Waals surface area (Å²) in [5.74, 6) is -1.49. The molecule has 0 atom stereocenters. The van der Waals surface area contributed by atoms with Crippen LogP contribution in [0.5, 0.6) is 0 Å². The van der Waals surface area contributed by atoms with E-state index < -0.39 is 11.9 Å². The number of amides is 2. The Balaban J connectivity index is 2.16. The van der Waals surface area contributed by atoms with Gasteiger partial charge in [0.05, 0.1) is 30.0 Å². The van der Waals surface area contributed by atoms with Crippen LogP contribution < -0.4 is 10.6 Å². The number of hydrogen-bond donors (Lipinski definition) is 2. The third-order valence-corrected chi connectivity index (χ3v) is 3.81. The normalized spacial score (nSPS) is 10.2. The number of esters is 1. The van der Waals surface area contributed by atoms with E-state index in [0.717, 1.165) is 0 Å². The summed E-state index contributed by atoms with van der Waals surface area (Å²) < 4.78 is 9.51. The highest BCUT2D eigenvalue weighted by atomic mass is 35.5. The molecule has 8 nitrogen and oxygen atoms in total. The molecule has 0 aliphatic carbocycles. The van der Waals surface area contributed by atoms with Crippen LogP contribution in [0.1, 0.15) is 31.2 Å². The molecule has 2 N–H and O–H groups in total. The van der Waals surface area contributed by atoms with E-state index in [0.29, 0.717) is 13.2 Å². The van der Waals surface area contributed by atoms with Gasteiger partial charge < -0.3 is 20.1 Å². The molecule has 0 radical (unpaired) electrons. The van der Waals surface area contributed by atoms with Gasteiger partial charge in [0.25, 0.3) is 11.8 Å². The third-order valence-electron chi connectivity index (χ3n) is 3.48. The number of nitrogens with zero attached hydrogens (tertiary/aromatic N) is 1. The molecule has 0 saturated carbocycles. The summed E-state index contributed by atoms with van der Waals surface area (Å²) in [6.45, 7) is 0.717. The van der Waals surface area contributed by atoms with Crippen molar-refractivity contribution in [3.8, 4) is 0 Å².